The molecule has 3 rings (SSSR count). The molecule has 25 heavy (non-hydrogen) atoms. The Morgan fingerprint density at radius 1 is 1.24 bits per heavy atom. The van der Waals surface area contributed by atoms with Gasteiger partial charge in [0.2, 0.25) is 0 Å². The van der Waals surface area contributed by atoms with Crippen LogP contribution in [0.3, 0.4) is 0 Å². The fourth-order valence-corrected chi connectivity index (χ4v) is 4.17. The Kier molecular flexibility index (Phi) is 5.63. The van der Waals surface area contributed by atoms with Gasteiger partial charge in [-0.2, -0.15) is 11.3 Å². The third-order valence-corrected chi connectivity index (χ3v) is 5.77. The van der Waals surface area contributed by atoms with Crippen molar-refractivity contribution in [2.24, 2.45) is 0 Å². The number of benzene rings is 1. The van der Waals surface area contributed by atoms with Crippen LogP contribution in [0.4, 0.5) is 5.69 Å². The lowest BCUT2D eigenvalue weighted by Gasteiger charge is -2.14. The number of aromatic nitrogens is 1. The number of nitrogens with one attached hydrogen (secondary N) is 2. The predicted molar refractivity (Wildman–Crippen MR) is 105 cm³/mol. The van der Waals surface area contributed by atoms with Gasteiger partial charge in [0.05, 0.1) is 7.05 Å². The van der Waals surface area contributed by atoms with Crippen molar-refractivity contribution >= 4 is 34.3 Å². The van der Waals surface area contributed by atoms with E-state index in [1.165, 1.54) is 11.1 Å². The van der Waals surface area contributed by atoms with Crippen LogP contribution in [0, 0.1) is 13.8 Å². The molecule has 0 saturated carbocycles. The first-order chi connectivity index (χ1) is 12.0. The first kappa shape index (κ1) is 17.8. The summed E-state index contributed by atoms with van der Waals surface area (Å²) in [4.78, 5) is 18.1. The molecule has 1 unspecified atom stereocenters. The van der Waals surface area contributed by atoms with Crippen LogP contribution in [0.25, 0.3) is 10.6 Å². The Morgan fingerprint density at radius 2 is 2.08 bits per heavy atom. The molecule has 0 fully saturated rings. The van der Waals surface area contributed by atoms with Gasteiger partial charge in [-0.05, 0) is 42.5 Å². The van der Waals surface area contributed by atoms with Crippen molar-refractivity contribution in [3.8, 4) is 10.6 Å². The summed E-state index contributed by atoms with van der Waals surface area (Å²) in [5.74, 6) is 0.0273. The molecule has 1 atom stereocenters. The fourth-order valence-electron chi connectivity index (χ4n) is 2.63. The van der Waals surface area contributed by atoms with Crippen LogP contribution in [0.1, 0.15) is 16.8 Å². The summed E-state index contributed by atoms with van der Waals surface area (Å²) in [6.45, 7) is 5.23. The molecule has 0 radical (unpaired) electrons. The molecule has 130 valence electrons. The summed E-state index contributed by atoms with van der Waals surface area (Å²) in [7, 11) is 2.02. The molecule has 0 spiro atoms. The Labute approximate surface area is 156 Å². The molecule has 0 saturated heterocycles. The zero-order chi connectivity index (χ0) is 17.8. The number of likely N-dealkylation sites (N-methyl/N-ethyl adjacent to an activating group) is 1. The number of carbonyl (C=O) groups is 1. The van der Waals surface area contributed by atoms with Crippen LogP contribution in [-0.2, 0) is 11.3 Å². The molecule has 1 aromatic carbocycles. The van der Waals surface area contributed by atoms with Crippen LogP contribution in [0.15, 0.2) is 40.4 Å². The molecule has 1 amide bonds. The summed E-state index contributed by atoms with van der Waals surface area (Å²) < 4.78 is 0. The third kappa shape index (κ3) is 4.54. The molecule has 2 N–H and O–H groups in total. The average Bonchev–Trinajstić information content (AvgIpc) is 3.22. The maximum Gasteiger partial charge on any atom is 0.279 e. The van der Waals surface area contributed by atoms with Gasteiger partial charge < -0.3 is 10.2 Å². The molecule has 3 aromatic rings. The van der Waals surface area contributed by atoms with Gasteiger partial charge in [0.25, 0.3) is 5.91 Å². The number of rotatable bonds is 6. The first-order valence-electron chi connectivity index (χ1n) is 8.17. The third-order valence-electron chi connectivity index (χ3n) is 4.14. The lowest BCUT2D eigenvalue weighted by atomic mass is 10.1. The van der Waals surface area contributed by atoms with Crippen molar-refractivity contribution in [2.75, 3.05) is 18.9 Å². The number of hydrogen-bond acceptors (Lipinski definition) is 4. The highest BCUT2D eigenvalue weighted by atomic mass is 32.1. The summed E-state index contributed by atoms with van der Waals surface area (Å²) >= 11 is 3.33. The van der Waals surface area contributed by atoms with Crippen LogP contribution in [0.2, 0.25) is 0 Å². The molecule has 6 heteroatoms. The summed E-state index contributed by atoms with van der Waals surface area (Å²) in [5, 5.41) is 10.3. The maximum atomic E-state index is 12.3. The lowest BCUT2D eigenvalue weighted by Crippen LogP contribution is -3.08. The van der Waals surface area contributed by atoms with E-state index in [2.05, 4.69) is 45.5 Å². The maximum absolute atomic E-state index is 12.3. The second kappa shape index (κ2) is 7.91. The standard InChI is InChI=1S/C19H21N3OS2/c1-13-5-4-6-17(14(13)2)21-18(23)10-22(3)9-16-12-25-19(20-16)15-7-8-24-11-15/h4-8,11-12H,9-10H2,1-3H3,(H,21,23)/p+1. The minimum absolute atomic E-state index is 0.0273. The molecular weight excluding hydrogens is 350 g/mol. The predicted octanol–water partition coefficient (Wildman–Crippen LogP) is 3.14. The van der Waals surface area contributed by atoms with E-state index >= 15 is 0 Å². The Hall–Kier alpha value is -2.02. The molecule has 2 aromatic heterocycles. The van der Waals surface area contributed by atoms with Gasteiger partial charge in [0.1, 0.15) is 17.2 Å². The average molecular weight is 373 g/mol. The second-order valence-corrected chi connectivity index (χ2v) is 7.90. The molecule has 0 bridgehead atoms. The zero-order valence-electron chi connectivity index (χ0n) is 14.6. The normalized spacial score (nSPS) is 12.1. The van der Waals surface area contributed by atoms with E-state index in [1.54, 1.807) is 22.7 Å². The van der Waals surface area contributed by atoms with E-state index in [4.69, 9.17) is 0 Å². The Balaban J connectivity index is 1.56. The molecule has 0 aliphatic carbocycles. The van der Waals surface area contributed by atoms with Crippen molar-refractivity contribution < 1.29 is 9.69 Å². The van der Waals surface area contributed by atoms with Crippen molar-refractivity contribution in [3.05, 3.63) is 57.2 Å². The van der Waals surface area contributed by atoms with Gasteiger partial charge in [0, 0.05) is 22.0 Å². The van der Waals surface area contributed by atoms with E-state index in [1.807, 2.05) is 26.1 Å². The number of quaternary nitrogens is 1. The largest absolute Gasteiger partial charge is 0.325 e. The van der Waals surface area contributed by atoms with Crippen LogP contribution >= 0.6 is 22.7 Å². The lowest BCUT2D eigenvalue weighted by molar-refractivity contribution is -0.885. The van der Waals surface area contributed by atoms with E-state index in [0.29, 0.717) is 6.54 Å². The van der Waals surface area contributed by atoms with Crippen LogP contribution in [-0.4, -0.2) is 24.5 Å². The van der Waals surface area contributed by atoms with Crippen LogP contribution in [0.5, 0.6) is 0 Å². The Morgan fingerprint density at radius 3 is 2.84 bits per heavy atom. The number of nitrogens with zero attached hydrogens (tertiary/aromatic N) is 1. The zero-order valence-corrected chi connectivity index (χ0v) is 16.3. The summed E-state index contributed by atoms with van der Waals surface area (Å²) in [6.07, 6.45) is 0. The second-order valence-electron chi connectivity index (χ2n) is 6.26. The first-order valence-corrected chi connectivity index (χ1v) is 9.99. The van der Waals surface area contributed by atoms with Gasteiger partial charge >= 0.3 is 0 Å². The van der Waals surface area contributed by atoms with Gasteiger partial charge in [-0.1, -0.05) is 12.1 Å². The monoisotopic (exact) mass is 372 g/mol. The number of aryl methyl sites for hydroxylation is 1. The molecule has 0 aliphatic heterocycles. The molecule has 4 nitrogen and oxygen atoms in total. The summed E-state index contributed by atoms with van der Waals surface area (Å²) in [5.41, 5.74) is 5.40. The molecule has 0 aliphatic rings. The number of amides is 1. The SMILES string of the molecule is Cc1cccc(NC(=O)C[NH+](C)Cc2csc(-c3ccsc3)n2)c1C. The van der Waals surface area contributed by atoms with Crippen molar-refractivity contribution in [2.45, 2.75) is 20.4 Å². The minimum atomic E-state index is 0.0273. The van der Waals surface area contributed by atoms with E-state index in [0.717, 1.165) is 33.4 Å². The fraction of sp³-hybridized carbons (Fsp3) is 0.263. The molecule has 2 heterocycles. The Bertz CT molecular complexity index is 855. The number of thiazole rings is 1. The van der Waals surface area contributed by atoms with Gasteiger partial charge in [0.15, 0.2) is 6.54 Å². The number of anilines is 1. The number of thiophene rings is 1. The van der Waals surface area contributed by atoms with E-state index in [-0.39, 0.29) is 5.91 Å². The number of carbonyl (C=O) groups excluding carboxylic acids is 1. The van der Waals surface area contributed by atoms with Crippen molar-refractivity contribution in [1.82, 2.24) is 4.98 Å². The van der Waals surface area contributed by atoms with E-state index < -0.39 is 0 Å². The minimum Gasteiger partial charge on any atom is -0.325 e. The quantitative estimate of drug-likeness (QED) is 0.698. The van der Waals surface area contributed by atoms with Crippen molar-refractivity contribution in [1.29, 1.82) is 0 Å². The highest BCUT2D eigenvalue weighted by molar-refractivity contribution is 7.14. The van der Waals surface area contributed by atoms with Gasteiger partial charge in [-0.15, -0.1) is 11.3 Å². The van der Waals surface area contributed by atoms with Crippen molar-refractivity contribution in [3.63, 3.8) is 0 Å². The van der Waals surface area contributed by atoms with Crippen LogP contribution < -0.4 is 10.2 Å². The topological polar surface area (TPSA) is 46.4 Å². The molecular formula is C19H22N3OS2+. The van der Waals surface area contributed by atoms with Gasteiger partial charge in [-0.3, -0.25) is 4.79 Å². The highest BCUT2D eigenvalue weighted by Gasteiger charge is 2.14. The van der Waals surface area contributed by atoms with Gasteiger partial charge in [-0.25, -0.2) is 4.98 Å². The van der Waals surface area contributed by atoms with E-state index in [9.17, 15) is 4.79 Å². The highest BCUT2D eigenvalue weighted by Crippen LogP contribution is 2.25. The summed E-state index contributed by atoms with van der Waals surface area (Å²) in [6, 6.07) is 8.05. The smallest absolute Gasteiger partial charge is 0.279 e. The number of hydrogen-bond donors (Lipinski definition) is 2.